The van der Waals surface area contributed by atoms with E-state index in [0.29, 0.717) is 0 Å². The molecule has 0 radical (unpaired) electrons. The molecule has 0 heterocycles. The van der Waals surface area contributed by atoms with Gasteiger partial charge in [0.2, 0.25) is 0 Å². The molecule has 1 aliphatic carbocycles. The number of non-ortho nitro benzene ring substituents is 1. The predicted molar refractivity (Wildman–Crippen MR) is 79.1 cm³/mol. The van der Waals surface area contributed by atoms with Gasteiger partial charge in [-0.15, -0.1) is 0 Å². The van der Waals surface area contributed by atoms with Crippen LogP contribution in [0.25, 0.3) is 0 Å². The summed E-state index contributed by atoms with van der Waals surface area (Å²) >= 11 is 3.39. The maximum Gasteiger partial charge on any atom is 0.270 e. The van der Waals surface area contributed by atoms with E-state index in [1.54, 1.807) is 12.1 Å². The summed E-state index contributed by atoms with van der Waals surface area (Å²) in [6, 6.07) is 4.93. The number of halogens is 1. The molecular formula is C14H19BrN2O2. The first-order valence-electron chi connectivity index (χ1n) is 6.80. The van der Waals surface area contributed by atoms with E-state index in [1.165, 1.54) is 32.1 Å². The van der Waals surface area contributed by atoms with Gasteiger partial charge in [0.05, 0.1) is 4.92 Å². The number of nitrogens with one attached hydrogen (secondary N) is 1. The Bertz CT molecular complexity index is 445. The molecule has 19 heavy (non-hydrogen) atoms. The van der Waals surface area contributed by atoms with Gasteiger partial charge in [-0.3, -0.25) is 10.1 Å². The maximum atomic E-state index is 10.6. The number of rotatable bonds is 6. The fourth-order valence-corrected chi connectivity index (χ4v) is 3.13. The Morgan fingerprint density at radius 2 is 2.11 bits per heavy atom. The Balaban J connectivity index is 1.77. The van der Waals surface area contributed by atoms with Gasteiger partial charge in [-0.25, -0.2) is 0 Å². The third-order valence-corrected chi connectivity index (χ3v) is 4.51. The molecule has 1 N–H and O–H groups in total. The van der Waals surface area contributed by atoms with Crippen LogP contribution in [0, 0.1) is 16.0 Å². The molecule has 5 heteroatoms. The van der Waals surface area contributed by atoms with Crippen LogP contribution in [0.15, 0.2) is 22.7 Å². The van der Waals surface area contributed by atoms with Crippen molar-refractivity contribution in [3.63, 3.8) is 0 Å². The molecular weight excluding hydrogens is 308 g/mol. The van der Waals surface area contributed by atoms with Crippen LogP contribution in [0.3, 0.4) is 0 Å². The molecule has 0 aliphatic heterocycles. The lowest BCUT2D eigenvalue weighted by atomic mass is 10.0. The smallest absolute Gasteiger partial charge is 0.270 e. The van der Waals surface area contributed by atoms with E-state index in [1.807, 2.05) is 6.07 Å². The van der Waals surface area contributed by atoms with Crippen LogP contribution in [-0.2, 0) is 6.54 Å². The zero-order valence-corrected chi connectivity index (χ0v) is 12.5. The average Bonchev–Trinajstić information content (AvgIpc) is 2.89. The minimum atomic E-state index is -0.373. The third-order valence-electron chi connectivity index (χ3n) is 3.77. The molecule has 4 nitrogen and oxygen atoms in total. The number of benzene rings is 1. The largest absolute Gasteiger partial charge is 0.313 e. The molecule has 0 aromatic heterocycles. The maximum absolute atomic E-state index is 10.6. The Kier molecular flexibility index (Phi) is 5.34. The topological polar surface area (TPSA) is 55.2 Å². The standard InChI is InChI=1S/C14H19BrN2O2/c15-14-9-13(17(18)19)6-5-12(14)10-16-8-7-11-3-1-2-4-11/h5-6,9,11,16H,1-4,7-8,10H2. The monoisotopic (exact) mass is 326 g/mol. The zero-order chi connectivity index (χ0) is 13.7. The van der Waals surface area contributed by atoms with E-state index in [2.05, 4.69) is 21.2 Å². The first-order chi connectivity index (χ1) is 9.16. The zero-order valence-electron chi connectivity index (χ0n) is 10.9. The predicted octanol–water partition coefficient (Wildman–Crippen LogP) is 4.03. The number of nitro benzene ring substituents is 1. The minimum Gasteiger partial charge on any atom is -0.313 e. The molecule has 2 rings (SSSR count). The van der Waals surface area contributed by atoms with Gasteiger partial charge in [0.15, 0.2) is 0 Å². The van der Waals surface area contributed by atoms with Crippen molar-refractivity contribution in [2.24, 2.45) is 5.92 Å². The van der Waals surface area contributed by atoms with Crippen molar-refractivity contribution in [1.29, 1.82) is 0 Å². The van der Waals surface area contributed by atoms with Gasteiger partial charge in [-0.05, 0) is 30.5 Å². The van der Waals surface area contributed by atoms with Crippen LogP contribution in [-0.4, -0.2) is 11.5 Å². The van der Waals surface area contributed by atoms with Crippen molar-refractivity contribution in [2.75, 3.05) is 6.54 Å². The second-order valence-corrected chi connectivity index (χ2v) is 6.00. The van der Waals surface area contributed by atoms with Crippen molar-refractivity contribution in [3.8, 4) is 0 Å². The van der Waals surface area contributed by atoms with E-state index >= 15 is 0 Å². The lowest BCUT2D eigenvalue weighted by molar-refractivity contribution is -0.384. The van der Waals surface area contributed by atoms with Crippen LogP contribution in [0.2, 0.25) is 0 Å². The van der Waals surface area contributed by atoms with Crippen molar-refractivity contribution in [3.05, 3.63) is 38.3 Å². The van der Waals surface area contributed by atoms with Crippen molar-refractivity contribution < 1.29 is 4.92 Å². The van der Waals surface area contributed by atoms with Crippen molar-refractivity contribution in [1.82, 2.24) is 5.32 Å². The van der Waals surface area contributed by atoms with Gasteiger partial charge in [0.25, 0.3) is 5.69 Å². The summed E-state index contributed by atoms with van der Waals surface area (Å²) in [6.45, 7) is 1.78. The number of hydrogen-bond acceptors (Lipinski definition) is 3. The van der Waals surface area contributed by atoms with E-state index in [4.69, 9.17) is 0 Å². The molecule has 0 bridgehead atoms. The molecule has 1 saturated carbocycles. The lowest BCUT2D eigenvalue weighted by Crippen LogP contribution is -2.17. The van der Waals surface area contributed by atoms with E-state index < -0.39 is 0 Å². The highest BCUT2D eigenvalue weighted by atomic mass is 79.9. The second-order valence-electron chi connectivity index (χ2n) is 5.15. The highest BCUT2D eigenvalue weighted by molar-refractivity contribution is 9.10. The number of nitrogens with zero attached hydrogens (tertiary/aromatic N) is 1. The average molecular weight is 327 g/mol. The quantitative estimate of drug-likeness (QED) is 0.488. The van der Waals surface area contributed by atoms with Gasteiger partial charge in [-0.1, -0.05) is 41.6 Å². The summed E-state index contributed by atoms with van der Waals surface area (Å²) < 4.78 is 0.801. The van der Waals surface area contributed by atoms with Crippen LogP contribution in [0.5, 0.6) is 0 Å². The first-order valence-corrected chi connectivity index (χ1v) is 7.59. The Labute approximate surface area is 121 Å². The van der Waals surface area contributed by atoms with E-state index in [9.17, 15) is 10.1 Å². The molecule has 0 amide bonds. The van der Waals surface area contributed by atoms with Crippen LogP contribution in [0.4, 0.5) is 5.69 Å². The lowest BCUT2D eigenvalue weighted by Gasteiger charge is -2.10. The SMILES string of the molecule is O=[N+]([O-])c1ccc(CNCCC2CCCC2)c(Br)c1. The molecule has 0 unspecified atom stereocenters. The molecule has 0 spiro atoms. The van der Waals surface area contributed by atoms with Gasteiger partial charge in [0.1, 0.15) is 0 Å². The molecule has 104 valence electrons. The van der Waals surface area contributed by atoms with Gasteiger partial charge in [-0.2, -0.15) is 0 Å². The molecule has 1 aromatic rings. The highest BCUT2D eigenvalue weighted by Crippen LogP contribution is 2.27. The van der Waals surface area contributed by atoms with Gasteiger partial charge in [0, 0.05) is 23.2 Å². The van der Waals surface area contributed by atoms with Crippen molar-refractivity contribution in [2.45, 2.75) is 38.6 Å². The normalized spacial score (nSPS) is 15.8. The Morgan fingerprint density at radius 1 is 1.37 bits per heavy atom. The second kappa shape index (κ2) is 7.01. The Morgan fingerprint density at radius 3 is 2.74 bits per heavy atom. The summed E-state index contributed by atoms with van der Waals surface area (Å²) in [5, 5.41) is 14.1. The highest BCUT2D eigenvalue weighted by Gasteiger charge is 2.14. The van der Waals surface area contributed by atoms with E-state index in [0.717, 1.165) is 29.0 Å². The van der Waals surface area contributed by atoms with Crippen molar-refractivity contribution >= 4 is 21.6 Å². The number of hydrogen-bond donors (Lipinski definition) is 1. The van der Waals surface area contributed by atoms with Crippen LogP contribution >= 0.6 is 15.9 Å². The summed E-state index contributed by atoms with van der Waals surface area (Å²) in [5.41, 5.74) is 1.19. The molecule has 0 atom stereocenters. The summed E-state index contributed by atoms with van der Waals surface area (Å²) in [6.07, 6.45) is 6.77. The Hall–Kier alpha value is -0.940. The van der Waals surface area contributed by atoms with E-state index in [-0.39, 0.29) is 10.6 Å². The van der Waals surface area contributed by atoms with Gasteiger partial charge < -0.3 is 5.32 Å². The summed E-state index contributed by atoms with van der Waals surface area (Å²) in [5.74, 6) is 0.896. The van der Waals surface area contributed by atoms with Gasteiger partial charge >= 0.3 is 0 Å². The fourth-order valence-electron chi connectivity index (χ4n) is 2.62. The molecule has 0 saturated heterocycles. The first kappa shape index (κ1) is 14.5. The third kappa shape index (κ3) is 4.28. The molecule has 1 aliphatic rings. The summed E-state index contributed by atoms with van der Waals surface area (Å²) in [7, 11) is 0. The fraction of sp³-hybridized carbons (Fsp3) is 0.571. The van der Waals surface area contributed by atoms with Crippen LogP contribution in [0.1, 0.15) is 37.7 Å². The number of nitro groups is 1. The molecule has 1 aromatic carbocycles. The summed E-state index contributed by atoms with van der Waals surface area (Å²) in [4.78, 5) is 10.3. The molecule has 1 fully saturated rings. The van der Waals surface area contributed by atoms with Crippen LogP contribution < -0.4 is 5.32 Å². The minimum absolute atomic E-state index is 0.126.